The molecule has 1 N–H and O–H groups in total. The molecule has 2 aliphatic rings. The number of hydrogen-bond acceptors (Lipinski definition) is 3. The number of benzene rings is 1. The van der Waals surface area contributed by atoms with Crippen molar-refractivity contribution in [3.8, 4) is 11.8 Å². The van der Waals surface area contributed by atoms with Crippen molar-refractivity contribution < 1.29 is 14.6 Å². The minimum Gasteiger partial charge on any atom is -0.466 e. The van der Waals surface area contributed by atoms with Crippen LogP contribution in [0, 0.1) is 23.7 Å². The second kappa shape index (κ2) is 6.76. The van der Waals surface area contributed by atoms with E-state index in [0.29, 0.717) is 31.8 Å². The zero-order chi connectivity index (χ0) is 16.3. The summed E-state index contributed by atoms with van der Waals surface area (Å²) in [6.45, 7) is 2.22. The maximum atomic E-state index is 12.3. The molecular formula is C20H24O3. The lowest BCUT2D eigenvalue weighted by atomic mass is 9.69. The summed E-state index contributed by atoms with van der Waals surface area (Å²) >= 11 is 0. The van der Waals surface area contributed by atoms with E-state index >= 15 is 0 Å². The molecule has 3 heteroatoms. The van der Waals surface area contributed by atoms with E-state index in [4.69, 9.17) is 4.74 Å². The first-order valence-electron chi connectivity index (χ1n) is 8.58. The van der Waals surface area contributed by atoms with Crippen LogP contribution in [-0.2, 0) is 9.53 Å². The first-order chi connectivity index (χ1) is 11.1. The van der Waals surface area contributed by atoms with Crippen LogP contribution < -0.4 is 0 Å². The van der Waals surface area contributed by atoms with Gasteiger partial charge in [-0.25, -0.2) is 0 Å². The fourth-order valence-corrected chi connectivity index (χ4v) is 3.36. The topological polar surface area (TPSA) is 46.5 Å². The van der Waals surface area contributed by atoms with Gasteiger partial charge in [-0.05, 0) is 44.6 Å². The summed E-state index contributed by atoms with van der Waals surface area (Å²) in [4.78, 5) is 12.3. The lowest BCUT2D eigenvalue weighted by molar-refractivity contribution is -0.151. The molecule has 0 heterocycles. The van der Waals surface area contributed by atoms with Crippen LogP contribution in [0.25, 0.3) is 0 Å². The lowest BCUT2D eigenvalue weighted by Crippen LogP contribution is -2.40. The average Bonchev–Trinajstić information content (AvgIpc) is 3.38. The lowest BCUT2D eigenvalue weighted by Gasteiger charge is -2.38. The fourth-order valence-electron chi connectivity index (χ4n) is 3.36. The molecule has 0 bridgehead atoms. The summed E-state index contributed by atoms with van der Waals surface area (Å²) in [6, 6.07) is 9.96. The Morgan fingerprint density at radius 1 is 1.30 bits per heavy atom. The Balaban J connectivity index is 1.83. The monoisotopic (exact) mass is 312 g/mol. The third kappa shape index (κ3) is 3.95. The number of carbonyl (C=O) groups is 1. The van der Waals surface area contributed by atoms with Crippen LogP contribution in [0.4, 0.5) is 0 Å². The second-order valence-corrected chi connectivity index (χ2v) is 6.69. The first-order valence-corrected chi connectivity index (χ1v) is 8.58. The third-order valence-electron chi connectivity index (χ3n) is 4.82. The van der Waals surface area contributed by atoms with E-state index in [-0.39, 0.29) is 17.8 Å². The molecule has 2 saturated carbocycles. The van der Waals surface area contributed by atoms with Gasteiger partial charge in [-0.2, -0.15) is 0 Å². The molecule has 0 amide bonds. The Hall–Kier alpha value is -1.79. The quantitative estimate of drug-likeness (QED) is 0.688. The predicted molar refractivity (Wildman–Crippen MR) is 88.6 cm³/mol. The highest BCUT2D eigenvalue weighted by molar-refractivity contribution is 5.74. The SMILES string of the molecule is CCOC(=O)[C@@H]1CC[C@](O)(C#CC2CC2)C[C@H]1c1ccccc1. The summed E-state index contributed by atoms with van der Waals surface area (Å²) < 4.78 is 5.25. The third-order valence-corrected chi connectivity index (χ3v) is 4.82. The molecule has 1 aromatic rings. The van der Waals surface area contributed by atoms with Crippen LogP contribution in [0.1, 0.15) is 50.5 Å². The molecule has 3 atom stereocenters. The minimum atomic E-state index is -0.980. The van der Waals surface area contributed by atoms with E-state index in [1.807, 2.05) is 37.3 Å². The molecule has 0 aromatic heterocycles. The number of ether oxygens (including phenoxy) is 1. The van der Waals surface area contributed by atoms with Gasteiger partial charge in [-0.15, -0.1) is 0 Å². The molecule has 2 fully saturated rings. The summed E-state index contributed by atoms with van der Waals surface area (Å²) in [7, 11) is 0. The van der Waals surface area contributed by atoms with E-state index in [1.54, 1.807) is 0 Å². The molecular weight excluding hydrogens is 288 g/mol. The molecule has 0 unspecified atom stereocenters. The van der Waals surface area contributed by atoms with Crippen LogP contribution in [0.3, 0.4) is 0 Å². The predicted octanol–water partition coefficient (Wildman–Crippen LogP) is 3.28. The number of carbonyl (C=O) groups excluding carboxylic acids is 1. The Morgan fingerprint density at radius 3 is 2.70 bits per heavy atom. The van der Waals surface area contributed by atoms with Gasteiger partial charge in [0.05, 0.1) is 12.5 Å². The van der Waals surface area contributed by atoms with Crippen LogP contribution in [-0.4, -0.2) is 23.3 Å². The molecule has 122 valence electrons. The van der Waals surface area contributed by atoms with Crippen molar-refractivity contribution in [3.63, 3.8) is 0 Å². The molecule has 0 spiro atoms. The van der Waals surface area contributed by atoms with Gasteiger partial charge in [0, 0.05) is 11.8 Å². The Labute approximate surface area is 138 Å². The molecule has 0 aliphatic heterocycles. The van der Waals surface area contributed by atoms with Gasteiger partial charge >= 0.3 is 5.97 Å². The van der Waals surface area contributed by atoms with Gasteiger partial charge in [-0.1, -0.05) is 42.2 Å². The van der Waals surface area contributed by atoms with Gasteiger partial charge < -0.3 is 9.84 Å². The summed E-state index contributed by atoms with van der Waals surface area (Å²) in [5, 5.41) is 10.9. The maximum Gasteiger partial charge on any atom is 0.309 e. The van der Waals surface area contributed by atoms with E-state index in [1.165, 1.54) is 0 Å². The van der Waals surface area contributed by atoms with E-state index in [2.05, 4.69) is 11.8 Å². The van der Waals surface area contributed by atoms with Crippen molar-refractivity contribution in [1.29, 1.82) is 0 Å². The van der Waals surface area contributed by atoms with E-state index < -0.39 is 5.60 Å². The van der Waals surface area contributed by atoms with Crippen LogP contribution in [0.15, 0.2) is 30.3 Å². The smallest absolute Gasteiger partial charge is 0.309 e. The number of aliphatic hydroxyl groups is 1. The zero-order valence-corrected chi connectivity index (χ0v) is 13.6. The number of esters is 1. The average molecular weight is 312 g/mol. The van der Waals surface area contributed by atoms with E-state index in [0.717, 1.165) is 18.4 Å². The fraction of sp³-hybridized carbons (Fsp3) is 0.550. The van der Waals surface area contributed by atoms with E-state index in [9.17, 15) is 9.90 Å². The zero-order valence-electron chi connectivity index (χ0n) is 13.6. The van der Waals surface area contributed by atoms with Crippen molar-refractivity contribution >= 4 is 5.97 Å². The van der Waals surface area contributed by atoms with Crippen molar-refractivity contribution in [2.45, 2.75) is 50.5 Å². The molecule has 1 aromatic carbocycles. The largest absolute Gasteiger partial charge is 0.466 e. The number of rotatable bonds is 3. The highest BCUT2D eigenvalue weighted by Crippen LogP contribution is 2.43. The molecule has 23 heavy (non-hydrogen) atoms. The van der Waals surface area contributed by atoms with Crippen molar-refractivity contribution in [1.82, 2.24) is 0 Å². The Bertz CT molecular complexity index is 609. The van der Waals surface area contributed by atoms with Crippen molar-refractivity contribution in [2.75, 3.05) is 6.61 Å². The van der Waals surface area contributed by atoms with Gasteiger partial charge in [0.15, 0.2) is 0 Å². The summed E-state index contributed by atoms with van der Waals surface area (Å²) in [5.41, 5.74) is 0.100. The molecule has 2 aliphatic carbocycles. The standard InChI is InChI=1S/C20H24O3/c1-2-23-19(21)17-11-13-20(22,12-10-15-8-9-15)14-18(17)16-6-4-3-5-7-16/h3-7,15,17-18,22H,2,8-9,11,13-14H2,1H3/t17-,18+,20-/m1/s1. The maximum absolute atomic E-state index is 12.3. The van der Waals surface area contributed by atoms with Crippen molar-refractivity contribution in [2.24, 2.45) is 11.8 Å². The highest BCUT2D eigenvalue weighted by Gasteiger charge is 2.43. The van der Waals surface area contributed by atoms with Crippen LogP contribution >= 0.6 is 0 Å². The van der Waals surface area contributed by atoms with Gasteiger partial charge in [0.25, 0.3) is 0 Å². The van der Waals surface area contributed by atoms with Crippen LogP contribution in [0.5, 0.6) is 0 Å². The van der Waals surface area contributed by atoms with Gasteiger partial charge in [-0.3, -0.25) is 4.79 Å². The Morgan fingerprint density at radius 2 is 2.04 bits per heavy atom. The summed E-state index contributed by atoms with van der Waals surface area (Å²) in [5.74, 6) is 6.38. The Kier molecular flexibility index (Phi) is 4.73. The van der Waals surface area contributed by atoms with Crippen molar-refractivity contribution in [3.05, 3.63) is 35.9 Å². The summed E-state index contributed by atoms with van der Waals surface area (Å²) in [6.07, 6.45) is 3.96. The highest BCUT2D eigenvalue weighted by atomic mass is 16.5. The minimum absolute atomic E-state index is 0.0393. The van der Waals surface area contributed by atoms with Gasteiger partial charge in [0.1, 0.15) is 5.60 Å². The van der Waals surface area contributed by atoms with Crippen LogP contribution in [0.2, 0.25) is 0 Å². The molecule has 0 radical (unpaired) electrons. The first kappa shape index (κ1) is 16.1. The molecule has 0 saturated heterocycles. The second-order valence-electron chi connectivity index (χ2n) is 6.69. The molecule has 3 nitrogen and oxygen atoms in total. The molecule has 3 rings (SSSR count). The number of hydrogen-bond donors (Lipinski definition) is 1. The van der Waals surface area contributed by atoms with Gasteiger partial charge in [0.2, 0.25) is 0 Å². The normalized spacial score (nSPS) is 30.2.